The number of hydrogen-bond acceptors (Lipinski definition) is 4. The monoisotopic (exact) mass is 268 g/mol. The highest BCUT2D eigenvalue weighted by Crippen LogP contribution is 2.17. The van der Waals surface area contributed by atoms with Crippen molar-refractivity contribution in [3.8, 4) is 0 Å². The maximum Gasteiger partial charge on any atom is 0.246 e. The standard InChI is InChI=1S/C13H20N2O2S/c1-3-10-4-5-11(18-10)6-15-12(16)7-17-13(2)8-14-9-13/h4-5,14H,3,6-9H2,1-2H3,(H,15,16). The van der Waals surface area contributed by atoms with Crippen LogP contribution in [-0.4, -0.2) is 31.2 Å². The lowest BCUT2D eigenvalue weighted by atomic mass is 10.0. The summed E-state index contributed by atoms with van der Waals surface area (Å²) in [6.45, 7) is 6.54. The molecule has 1 fully saturated rings. The topological polar surface area (TPSA) is 50.4 Å². The number of thiophene rings is 1. The van der Waals surface area contributed by atoms with Gasteiger partial charge in [0.1, 0.15) is 6.61 Å². The van der Waals surface area contributed by atoms with Gasteiger partial charge < -0.3 is 15.4 Å². The van der Waals surface area contributed by atoms with Crippen LogP contribution in [0.1, 0.15) is 23.6 Å². The van der Waals surface area contributed by atoms with Gasteiger partial charge in [0.2, 0.25) is 5.91 Å². The smallest absolute Gasteiger partial charge is 0.246 e. The quantitative estimate of drug-likeness (QED) is 0.818. The van der Waals surface area contributed by atoms with Crippen molar-refractivity contribution in [2.45, 2.75) is 32.4 Å². The molecule has 0 atom stereocenters. The molecule has 5 heteroatoms. The SMILES string of the molecule is CCc1ccc(CNC(=O)COC2(C)CNC2)s1. The lowest BCUT2D eigenvalue weighted by Crippen LogP contribution is -2.59. The summed E-state index contributed by atoms with van der Waals surface area (Å²) in [5.41, 5.74) is -0.157. The predicted molar refractivity (Wildman–Crippen MR) is 72.8 cm³/mol. The molecule has 0 aromatic carbocycles. The average molecular weight is 268 g/mol. The zero-order chi connectivity index (χ0) is 13.0. The maximum absolute atomic E-state index is 11.6. The average Bonchev–Trinajstić information content (AvgIpc) is 2.79. The molecular formula is C13H20N2O2S. The Labute approximate surface area is 112 Å². The van der Waals surface area contributed by atoms with Gasteiger partial charge in [0, 0.05) is 22.8 Å². The van der Waals surface area contributed by atoms with Crippen LogP contribution in [0.3, 0.4) is 0 Å². The van der Waals surface area contributed by atoms with Crippen LogP contribution in [0.15, 0.2) is 12.1 Å². The number of carbonyl (C=O) groups is 1. The third-order valence-electron chi connectivity index (χ3n) is 3.08. The number of nitrogens with one attached hydrogen (secondary N) is 2. The number of rotatable bonds is 6. The molecule has 18 heavy (non-hydrogen) atoms. The fourth-order valence-corrected chi connectivity index (χ4v) is 2.66. The summed E-state index contributed by atoms with van der Waals surface area (Å²) in [6, 6.07) is 4.19. The second-order valence-electron chi connectivity index (χ2n) is 4.84. The number of aryl methyl sites for hydroxylation is 1. The van der Waals surface area contributed by atoms with E-state index in [1.165, 1.54) is 9.75 Å². The minimum atomic E-state index is -0.157. The largest absolute Gasteiger partial charge is 0.363 e. The van der Waals surface area contributed by atoms with Crippen LogP contribution in [0.25, 0.3) is 0 Å². The van der Waals surface area contributed by atoms with Crippen LogP contribution in [0.5, 0.6) is 0 Å². The Balaban J connectivity index is 1.68. The van der Waals surface area contributed by atoms with Gasteiger partial charge in [-0.25, -0.2) is 0 Å². The van der Waals surface area contributed by atoms with E-state index in [4.69, 9.17) is 4.74 Å². The van der Waals surface area contributed by atoms with Crippen LogP contribution in [0, 0.1) is 0 Å². The molecule has 1 aromatic rings. The molecule has 100 valence electrons. The minimum Gasteiger partial charge on any atom is -0.363 e. The molecule has 0 spiro atoms. The van der Waals surface area contributed by atoms with Gasteiger partial charge in [-0.1, -0.05) is 6.92 Å². The molecule has 1 aliphatic rings. The van der Waals surface area contributed by atoms with E-state index in [2.05, 4.69) is 29.7 Å². The predicted octanol–water partition coefficient (Wildman–Crippen LogP) is 1.31. The summed E-state index contributed by atoms with van der Waals surface area (Å²) in [5.74, 6) is -0.0467. The van der Waals surface area contributed by atoms with Crippen molar-refractivity contribution in [2.24, 2.45) is 0 Å². The summed E-state index contributed by atoms with van der Waals surface area (Å²) < 4.78 is 5.57. The van der Waals surface area contributed by atoms with Crippen LogP contribution in [-0.2, 0) is 22.5 Å². The van der Waals surface area contributed by atoms with Crippen LogP contribution < -0.4 is 10.6 Å². The van der Waals surface area contributed by atoms with Gasteiger partial charge in [0.05, 0.1) is 12.1 Å². The highest BCUT2D eigenvalue weighted by molar-refractivity contribution is 7.11. The van der Waals surface area contributed by atoms with E-state index in [1.54, 1.807) is 11.3 Å². The minimum absolute atomic E-state index is 0.0467. The van der Waals surface area contributed by atoms with E-state index in [-0.39, 0.29) is 18.1 Å². The third-order valence-corrected chi connectivity index (χ3v) is 4.30. The van der Waals surface area contributed by atoms with Crippen LogP contribution in [0.4, 0.5) is 0 Å². The zero-order valence-corrected chi connectivity index (χ0v) is 11.7. The first-order chi connectivity index (χ1) is 8.61. The lowest BCUT2D eigenvalue weighted by molar-refractivity contribution is -0.135. The number of carbonyl (C=O) groups excluding carboxylic acids is 1. The molecule has 1 aromatic heterocycles. The van der Waals surface area contributed by atoms with E-state index in [9.17, 15) is 4.79 Å². The summed E-state index contributed by atoms with van der Waals surface area (Å²) in [4.78, 5) is 14.2. The van der Waals surface area contributed by atoms with Gasteiger partial charge in [-0.2, -0.15) is 0 Å². The first kappa shape index (κ1) is 13.5. The number of hydrogen-bond donors (Lipinski definition) is 2. The van der Waals surface area contributed by atoms with Crippen LogP contribution in [0.2, 0.25) is 0 Å². The molecule has 4 nitrogen and oxygen atoms in total. The molecule has 2 heterocycles. The summed E-state index contributed by atoms with van der Waals surface area (Å²) in [7, 11) is 0. The lowest BCUT2D eigenvalue weighted by Gasteiger charge is -2.38. The molecule has 0 bridgehead atoms. The van der Waals surface area contributed by atoms with E-state index in [0.717, 1.165) is 19.5 Å². The van der Waals surface area contributed by atoms with E-state index < -0.39 is 0 Å². The van der Waals surface area contributed by atoms with Gasteiger partial charge in [-0.3, -0.25) is 4.79 Å². The van der Waals surface area contributed by atoms with Crippen LogP contribution >= 0.6 is 11.3 Å². The van der Waals surface area contributed by atoms with Crippen molar-refractivity contribution in [1.29, 1.82) is 0 Å². The van der Waals surface area contributed by atoms with E-state index >= 15 is 0 Å². The Bertz CT molecular complexity index is 413. The normalized spacial score (nSPS) is 17.2. The van der Waals surface area contributed by atoms with Gasteiger partial charge >= 0.3 is 0 Å². The fourth-order valence-electron chi connectivity index (χ4n) is 1.76. The Morgan fingerprint density at radius 1 is 1.50 bits per heavy atom. The van der Waals surface area contributed by atoms with Crippen molar-refractivity contribution in [2.75, 3.05) is 19.7 Å². The fraction of sp³-hybridized carbons (Fsp3) is 0.615. The Hall–Kier alpha value is -0.910. The Morgan fingerprint density at radius 3 is 2.78 bits per heavy atom. The molecule has 0 unspecified atom stereocenters. The van der Waals surface area contributed by atoms with Gasteiger partial charge in [0.15, 0.2) is 0 Å². The third kappa shape index (κ3) is 3.54. The number of amides is 1. The molecule has 0 radical (unpaired) electrons. The first-order valence-corrected chi connectivity index (χ1v) is 7.12. The van der Waals surface area contributed by atoms with Crippen molar-refractivity contribution >= 4 is 17.2 Å². The molecule has 2 rings (SSSR count). The molecule has 1 aliphatic heterocycles. The second-order valence-corrected chi connectivity index (χ2v) is 6.09. The molecule has 1 amide bonds. The molecule has 2 N–H and O–H groups in total. The highest BCUT2D eigenvalue weighted by Gasteiger charge is 2.32. The Morgan fingerprint density at radius 2 is 2.22 bits per heavy atom. The van der Waals surface area contributed by atoms with Crippen molar-refractivity contribution < 1.29 is 9.53 Å². The van der Waals surface area contributed by atoms with Crippen molar-refractivity contribution in [1.82, 2.24) is 10.6 Å². The highest BCUT2D eigenvalue weighted by atomic mass is 32.1. The molecule has 0 aliphatic carbocycles. The number of ether oxygens (including phenoxy) is 1. The second kappa shape index (κ2) is 5.82. The maximum atomic E-state index is 11.6. The molecule has 0 saturated carbocycles. The Kier molecular flexibility index (Phi) is 4.37. The van der Waals surface area contributed by atoms with E-state index in [0.29, 0.717) is 6.54 Å². The first-order valence-electron chi connectivity index (χ1n) is 6.30. The van der Waals surface area contributed by atoms with Crippen molar-refractivity contribution in [3.63, 3.8) is 0 Å². The van der Waals surface area contributed by atoms with Crippen molar-refractivity contribution in [3.05, 3.63) is 21.9 Å². The summed E-state index contributed by atoms with van der Waals surface area (Å²) in [5, 5.41) is 6.02. The zero-order valence-electron chi connectivity index (χ0n) is 10.9. The molecular weight excluding hydrogens is 248 g/mol. The summed E-state index contributed by atoms with van der Waals surface area (Å²) in [6.07, 6.45) is 1.05. The van der Waals surface area contributed by atoms with Gasteiger partial charge in [-0.15, -0.1) is 11.3 Å². The molecule has 1 saturated heterocycles. The van der Waals surface area contributed by atoms with E-state index in [1.807, 2.05) is 6.92 Å². The van der Waals surface area contributed by atoms with Gasteiger partial charge in [0.25, 0.3) is 0 Å². The summed E-state index contributed by atoms with van der Waals surface area (Å²) >= 11 is 1.75. The van der Waals surface area contributed by atoms with Gasteiger partial charge in [-0.05, 0) is 25.5 Å².